The van der Waals surface area contributed by atoms with Crippen LogP contribution in [0.1, 0.15) is 11.1 Å². The molecule has 0 unspecified atom stereocenters. The van der Waals surface area contributed by atoms with E-state index in [4.69, 9.17) is 0 Å². The van der Waals surface area contributed by atoms with Crippen LogP contribution in [0.4, 0.5) is 0 Å². The van der Waals surface area contributed by atoms with Gasteiger partial charge in [-0.15, -0.1) is 5.10 Å². The van der Waals surface area contributed by atoms with Crippen LogP contribution in [0.2, 0.25) is 0 Å². The molecule has 8 heteroatoms. The molecule has 1 aromatic carbocycles. The first-order valence-electron chi connectivity index (χ1n) is 6.19. The van der Waals surface area contributed by atoms with E-state index in [0.717, 1.165) is 23.4 Å². The van der Waals surface area contributed by atoms with E-state index in [2.05, 4.69) is 20.3 Å². The zero-order valence-corrected chi connectivity index (χ0v) is 12.7. The number of methoxy groups -OCH3 is 1. The molecule has 114 valence electrons. The van der Waals surface area contributed by atoms with Crippen molar-refractivity contribution in [1.29, 1.82) is 0 Å². The lowest BCUT2D eigenvalue weighted by Gasteiger charge is -2.00. The number of ether oxygens (including phenoxy) is 1. The van der Waals surface area contributed by atoms with Gasteiger partial charge in [-0.25, -0.2) is 4.79 Å². The first-order valence-corrected chi connectivity index (χ1v) is 7.01. The molecule has 1 saturated heterocycles. The minimum absolute atomic E-state index is 0.126. The number of para-hydroxylation sites is 1. The number of hydrogen-bond donors (Lipinski definition) is 2. The van der Waals surface area contributed by atoms with Crippen LogP contribution in [-0.4, -0.2) is 35.5 Å². The number of aryl methyl sites for hydroxylation is 1. The van der Waals surface area contributed by atoms with E-state index in [1.807, 2.05) is 0 Å². The summed E-state index contributed by atoms with van der Waals surface area (Å²) in [5.74, 6) is -0.935. The highest BCUT2D eigenvalue weighted by atomic mass is 32.2. The molecule has 1 fully saturated rings. The number of esters is 1. The molecule has 1 heterocycles. The number of nitrogens with one attached hydrogen (secondary N) is 1. The van der Waals surface area contributed by atoms with Crippen LogP contribution in [0.5, 0.6) is 5.75 Å². The lowest BCUT2D eigenvalue weighted by Crippen LogP contribution is -2.19. The number of phenolic OH excluding ortho intramolecular Hbond substituents is 1. The Morgan fingerprint density at radius 3 is 2.95 bits per heavy atom. The van der Waals surface area contributed by atoms with Gasteiger partial charge >= 0.3 is 5.97 Å². The molecule has 1 aliphatic heterocycles. The summed E-state index contributed by atoms with van der Waals surface area (Å²) in [6.07, 6.45) is 2.46. The number of phenols is 1. The van der Waals surface area contributed by atoms with E-state index in [1.165, 1.54) is 13.3 Å². The molecule has 22 heavy (non-hydrogen) atoms. The normalized spacial score (nSPS) is 18.2. The maximum absolute atomic E-state index is 11.6. The summed E-state index contributed by atoms with van der Waals surface area (Å²) in [5, 5.41) is 20.2. The molecule has 1 aromatic rings. The molecule has 2 N–H and O–H groups in total. The second-order valence-corrected chi connectivity index (χ2v) is 5.28. The minimum atomic E-state index is -0.618. The van der Waals surface area contributed by atoms with Gasteiger partial charge in [-0.05, 0) is 30.3 Å². The molecule has 2 rings (SSSR count). The predicted octanol–water partition coefficient (Wildman–Crippen LogP) is 1.31. The fourth-order valence-corrected chi connectivity index (χ4v) is 2.31. The third-order valence-electron chi connectivity index (χ3n) is 2.72. The van der Waals surface area contributed by atoms with E-state index in [9.17, 15) is 14.7 Å². The van der Waals surface area contributed by atoms with E-state index in [-0.39, 0.29) is 15.8 Å². The highest BCUT2D eigenvalue weighted by Crippen LogP contribution is 2.23. The van der Waals surface area contributed by atoms with Crippen molar-refractivity contribution in [2.45, 2.75) is 6.92 Å². The van der Waals surface area contributed by atoms with Crippen LogP contribution >= 0.6 is 11.8 Å². The van der Waals surface area contributed by atoms with Crippen LogP contribution in [0, 0.1) is 6.92 Å². The van der Waals surface area contributed by atoms with Gasteiger partial charge in [0.25, 0.3) is 5.91 Å². The Morgan fingerprint density at radius 1 is 1.45 bits per heavy atom. The quantitative estimate of drug-likeness (QED) is 0.379. The Hall–Kier alpha value is -2.61. The van der Waals surface area contributed by atoms with Crippen molar-refractivity contribution >= 4 is 35.0 Å². The lowest BCUT2D eigenvalue weighted by molar-refractivity contribution is -0.135. The molecule has 0 atom stereocenters. The SMILES string of the molecule is COC(=O)/C=C1/S/C(=N\N=Cc2cccc(C)c2O)NC1=O. The Balaban J connectivity index is 2.10. The van der Waals surface area contributed by atoms with Gasteiger partial charge in [0.2, 0.25) is 0 Å². The number of thioether (sulfide) groups is 1. The molecule has 1 amide bonds. The summed E-state index contributed by atoms with van der Waals surface area (Å²) in [6.45, 7) is 1.77. The van der Waals surface area contributed by atoms with E-state index < -0.39 is 11.9 Å². The minimum Gasteiger partial charge on any atom is -0.507 e. The van der Waals surface area contributed by atoms with Crippen molar-refractivity contribution in [2.24, 2.45) is 10.2 Å². The summed E-state index contributed by atoms with van der Waals surface area (Å²) in [5.41, 5.74) is 1.24. The number of carbonyl (C=O) groups excluding carboxylic acids is 2. The van der Waals surface area contributed by atoms with Crippen LogP contribution in [0.3, 0.4) is 0 Å². The van der Waals surface area contributed by atoms with Gasteiger partial charge in [0, 0.05) is 11.6 Å². The maximum Gasteiger partial charge on any atom is 0.331 e. The third kappa shape index (κ3) is 3.73. The largest absolute Gasteiger partial charge is 0.507 e. The number of nitrogens with zero attached hydrogens (tertiary/aromatic N) is 2. The van der Waals surface area contributed by atoms with Crippen molar-refractivity contribution in [3.63, 3.8) is 0 Å². The molecule has 0 aromatic heterocycles. The molecule has 0 radical (unpaired) electrons. The van der Waals surface area contributed by atoms with Crippen LogP contribution < -0.4 is 5.32 Å². The number of carbonyl (C=O) groups is 2. The van der Waals surface area contributed by atoms with Crippen molar-refractivity contribution in [1.82, 2.24) is 5.32 Å². The van der Waals surface area contributed by atoms with Crippen molar-refractivity contribution in [3.8, 4) is 5.75 Å². The summed E-state index contributed by atoms with van der Waals surface area (Å²) in [7, 11) is 1.23. The van der Waals surface area contributed by atoms with Crippen LogP contribution in [0.25, 0.3) is 0 Å². The first kappa shape index (κ1) is 15.8. The monoisotopic (exact) mass is 319 g/mol. The molecule has 7 nitrogen and oxygen atoms in total. The van der Waals surface area contributed by atoms with Gasteiger partial charge in [-0.1, -0.05) is 12.1 Å². The smallest absolute Gasteiger partial charge is 0.331 e. The average Bonchev–Trinajstić information content (AvgIpc) is 2.83. The number of amides is 1. The summed E-state index contributed by atoms with van der Waals surface area (Å²) in [4.78, 5) is 22.9. The highest BCUT2D eigenvalue weighted by molar-refractivity contribution is 8.18. The summed E-state index contributed by atoms with van der Waals surface area (Å²) >= 11 is 0.978. The maximum atomic E-state index is 11.6. The molecule has 0 aliphatic carbocycles. The fraction of sp³-hybridized carbons (Fsp3) is 0.143. The number of benzene rings is 1. The Bertz CT molecular complexity index is 710. The molecular weight excluding hydrogens is 306 g/mol. The zero-order valence-electron chi connectivity index (χ0n) is 11.9. The summed E-state index contributed by atoms with van der Waals surface area (Å²) < 4.78 is 4.45. The average molecular weight is 319 g/mol. The van der Waals surface area contributed by atoms with E-state index >= 15 is 0 Å². The van der Waals surface area contributed by atoms with Crippen LogP contribution in [0.15, 0.2) is 39.4 Å². The predicted molar refractivity (Wildman–Crippen MR) is 83.7 cm³/mol. The zero-order chi connectivity index (χ0) is 16.1. The molecule has 0 saturated carbocycles. The summed E-state index contributed by atoms with van der Waals surface area (Å²) in [6, 6.07) is 5.25. The topological polar surface area (TPSA) is 100 Å². The number of hydrogen-bond acceptors (Lipinski definition) is 7. The van der Waals surface area contributed by atoms with Gasteiger partial charge in [-0.3, -0.25) is 10.1 Å². The van der Waals surface area contributed by atoms with Gasteiger partial charge in [-0.2, -0.15) is 5.10 Å². The van der Waals surface area contributed by atoms with E-state index in [1.54, 1.807) is 25.1 Å². The lowest BCUT2D eigenvalue weighted by atomic mass is 10.1. The molecule has 0 spiro atoms. The fourth-order valence-electron chi connectivity index (χ4n) is 1.57. The third-order valence-corrected chi connectivity index (χ3v) is 3.62. The van der Waals surface area contributed by atoms with Gasteiger partial charge in [0.05, 0.1) is 18.2 Å². The number of amidine groups is 1. The van der Waals surface area contributed by atoms with Gasteiger partial charge < -0.3 is 9.84 Å². The number of aromatic hydroxyl groups is 1. The molecule has 0 bridgehead atoms. The van der Waals surface area contributed by atoms with Gasteiger partial charge in [0.1, 0.15) is 5.75 Å². The van der Waals surface area contributed by atoms with Crippen molar-refractivity contribution in [2.75, 3.05) is 7.11 Å². The van der Waals surface area contributed by atoms with E-state index in [0.29, 0.717) is 5.56 Å². The van der Waals surface area contributed by atoms with Crippen molar-refractivity contribution < 1.29 is 19.4 Å². The highest BCUT2D eigenvalue weighted by Gasteiger charge is 2.24. The van der Waals surface area contributed by atoms with Crippen LogP contribution in [-0.2, 0) is 14.3 Å². The Labute approximate surface area is 130 Å². The molecule has 1 aliphatic rings. The van der Waals surface area contributed by atoms with Crippen molar-refractivity contribution in [3.05, 3.63) is 40.3 Å². The molecular formula is C14H13N3O4S. The Kier molecular flexibility index (Phi) is 4.95. The second kappa shape index (κ2) is 6.90. The first-order chi connectivity index (χ1) is 10.5. The standard InChI is InChI=1S/C14H13N3O4S/c1-8-4-3-5-9(12(8)19)7-15-17-14-16-13(20)10(22-14)6-11(18)21-2/h3-7,19H,1-2H3,(H,16,17,20)/b10-6+,15-7?. The van der Waals surface area contributed by atoms with Gasteiger partial charge in [0.15, 0.2) is 5.17 Å². The second-order valence-electron chi connectivity index (χ2n) is 4.25. The number of rotatable bonds is 3. The Morgan fingerprint density at radius 2 is 2.23 bits per heavy atom.